The van der Waals surface area contributed by atoms with Crippen LogP contribution < -0.4 is 5.32 Å². The van der Waals surface area contributed by atoms with E-state index in [1.807, 2.05) is 33.8 Å². The number of carbonyl (C=O) groups is 2. The van der Waals surface area contributed by atoms with Gasteiger partial charge in [0.05, 0.1) is 5.75 Å². The minimum absolute atomic E-state index is 0.0206. The molecule has 7 heteroatoms. The number of thioether (sulfide) groups is 1. The molecule has 0 unspecified atom stereocenters. The smallest absolute Gasteiger partial charge is 0.317 e. The quantitative estimate of drug-likeness (QED) is 0.840. The molecule has 0 aliphatic carbocycles. The molecule has 1 aliphatic heterocycles. The number of benzene rings is 1. The van der Waals surface area contributed by atoms with E-state index in [0.29, 0.717) is 18.8 Å². The molecule has 0 bridgehead atoms. The summed E-state index contributed by atoms with van der Waals surface area (Å²) in [6.07, 6.45) is 0. The van der Waals surface area contributed by atoms with Crippen molar-refractivity contribution in [2.75, 3.05) is 18.8 Å². The topological polar surface area (TPSA) is 52.7 Å². The third-order valence-corrected chi connectivity index (χ3v) is 5.24. The molecule has 5 nitrogen and oxygen atoms in total. The van der Waals surface area contributed by atoms with Gasteiger partial charge in [0.25, 0.3) is 0 Å². The molecular weight excluding hydrogens is 341 g/mol. The van der Waals surface area contributed by atoms with E-state index >= 15 is 0 Å². The van der Waals surface area contributed by atoms with Crippen LogP contribution in [0.5, 0.6) is 0 Å². The maximum atomic E-state index is 13.5. The average molecular weight is 367 g/mol. The Morgan fingerprint density at radius 1 is 1.40 bits per heavy atom. The molecule has 1 aliphatic rings. The summed E-state index contributed by atoms with van der Waals surface area (Å²) in [5.41, 5.74) is 0.776. The molecule has 0 saturated carbocycles. The molecule has 2 rings (SSSR count). The van der Waals surface area contributed by atoms with Crippen LogP contribution in [0.2, 0.25) is 0 Å². The monoisotopic (exact) mass is 367 g/mol. The maximum Gasteiger partial charge on any atom is 0.317 e. The van der Waals surface area contributed by atoms with E-state index in [9.17, 15) is 14.0 Å². The van der Waals surface area contributed by atoms with Crippen molar-refractivity contribution < 1.29 is 14.0 Å². The van der Waals surface area contributed by atoms with Crippen LogP contribution in [0, 0.1) is 5.82 Å². The molecular formula is C18H26FN3O2S. The lowest BCUT2D eigenvalue weighted by molar-refractivity contribution is -0.128. The van der Waals surface area contributed by atoms with E-state index in [2.05, 4.69) is 5.32 Å². The summed E-state index contributed by atoms with van der Waals surface area (Å²) in [5, 5.41) is 2.69. The van der Waals surface area contributed by atoms with Crippen LogP contribution in [0.1, 0.15) is 38.6 Å². The second-order valence-electron chi connectivity index (χ2n) is 6.70. The first-order valence-corrected chi connectivity index (χ1v) is 9.58. The summed E-state index contributed by atoms with van der Waals surface area (Å²) in [4.78, 5) is 28.1. The lowest BCUT2D eigenvalue weighted by atomic mass is 10.2. The number of urea groups is 1. The van der Waals surface area contributed by atoms with Crippen molar-refractivity contribution in [1.29, 1.82) is 0 Å². The zero-order valence-corrected chi connectivity index (χ0v) is 16.0. The highest BCUT2D eigenvalue weighted by Crippen LogP contribution is 2.38. The Bertz CT molecular complexity index is 624. The van der Waals surface area contributed by atoms with E-state index in [4.69, 9.17) is 0 Å². The number of hydrogen-bond acceptors (Lipinski definition) is 3. The molecule has 1 aromatic rings. The fourth-order valence-electron chi connectivity index (χ4n) is 2.77. The highest BCUT2D eigenvalue weighted by Gasteiger charge is 2.33. The van der Waals surface area contributed by atoms with Gasteiger partial charge < -0.3 is 15.1 Å². The van der Waals surface area contributed by atoms with E-state index in [-0.39, 0.29) is 35.2 Å². The van der Waals surface area contributed by atoms with Crippen LogP contribution in [0.4, 0.5) is 9.18 Å². The van der Waals surface area contributed by atoms with Crippen molar-refractivity contribution >= 4 is 23.7 Å². The number of carbonyl (C=O) groups excluding carboxylic acids is 2. The molecule has 0 spiro atoms. The number of halogens is 1. The number of hydrogen-bond donors (Lipinski definition) is 1. The fourth-order valence-corrected chi connectivity index (χ4v) is 3.98. The van der Waals surface area contributed by atoms with E-state index in [1.165, 1.54) is 23.9 Å². The number of amides is 3. The second-order valence-corrected chi connectivity index (χ2v) is 7.77. The minimum Gasteiger partial charge on any atom is -0.336 e. The highest BCUT2D eigenvalue weighted by molar-refractivity contribution is 8.00. The lowest BCUT2D eigenvalue weighted by Gasteiger charge is -2.31. The molecule has 1 heterocycles. The van der Waals surface area contributed by atoms with Crippen LogP contribution in [0.3, 0.4) is 0 Å². The third-order valence-electron chi connectivity index (χ3n) is 3.98. The molecule has 25 heavy (non-hydrogen) atoms. The Kier molecular flexibility index (Phi) is 6.70. The van der Waals surface area contributed by atoms with Gasteiger partial charge in [0, 0.05) is 25.2 Å². The summed E-state index contributed by atoms with van der Waals surface area (Å²) in [5.74, 6) is 0.0888. The first-order chi connectivity index (χ1) is 11.8. The van der Waals surface area contributed by atoms with Gasteiger partial charge in [-0.25, -0.2) is 9.18 Å². The largest absolute Gasteiger partial charge is 0.336 e. The van der Waals surface area contributed by atoms with Gasteiger partial charge in [-0.05, 0) is 45.4 Å². The minimum atomic E-state index is -0.308. The van der Waals surface area contributed by atoms with Crippen molar-refractivity contribution in [2.24, 2.45) is 0 Å². The van der Waals surface area contributed by atoms with Gasteiger partial charge in [0.15, 0.2) is 0 Å². The lowest BCUT2D eigenvalue weighted by Crippen LogP contribution is -2.49. The van der Waals surface area contributed by atoms with Gasteiger partial charge in [-0.2, -0.15) is 0 Å². The van der Waals surface area contributed by atoms with Crippen LogP contribution in [-0.4, -0.2) is 52.7 Å². The molecule has 1 fully saturated rings. The normalized spacial score (nSPS) is 17.5. The standard InChI is InChI=1S/C18H26FN3O2S/c1-12(2)20-18(24)21(13(3)4)8-9-22-16(23)11-25-17(22)14-6-5-7-15(19)10-14/h5-7,10,12-13,17H,8-9,11H2,1-4H3,(H,20,24)/t17-/m1/s1. The molecule has 1 atom stereocenters. The molecule has 0 aromatic heterocycles. The number of rotatable bonds is 6. The van der Waals surface area contributed by atoms with Gasteiger partial charge in [0.1, 0.15) is 11.2 Å². The summed E-state index contributed by atoms with van der Waals surface area (Å²) in [6.45, 7) is 8.59. The second kappa shape index (κ2) is 8.56. The highest BCUT2D eigenvalue weighted by atomic mass is 32.2. The number of nitrogens with zero attached hydrogens (tertiary/aromatic N) is 2. The van der Waals surface area contributed by atoms with Crippen molar-refractivity contribution in [3.8, 4) is 0 Å². The molecule has 0 radical (unpaired) electrons. The fraction of sp³-hybridized carbons (Fsp3) is 0.556. The molecule has 1 N–H and O–H groups in total. The van der Waals surface area contributed by atoms with Gasteiger partial charge in [-0.15, -0.1) is 11.8 Å². The van der Waals surface area contributed by atoms with Gasteiger partial charge in [-0.3, -0.25) is 4.79 Å². The van der Waals surface area contributed by atoms with Gasteiger partial charge in [-0.1, -0.05) is 12.1 Å². The first-order valence-electron chi connectivity index (χ1n) is 8.53. The first kappa shape index (κ1) is 19.6. The van der Waals surface area contributed by atoms with E-state index in [0.717, 1.165) is 5.56 Å². The Morgan fingerprint density at radius 2 is 2.12 bits per heavy atom. The predicted molar refractivity (Wildman–Crippen MR) is 98.8 cm³/mol. The van der Waals surface area contributed by atoms with Gasteiger partial charge >= 0.3 is 6.03 Å². The number of nitrogens with one attached hydrogen (secondary N) is 1. The Balaban J connectivity index is 2.07. The third kappa shape index (κ3) is 5.11. The molecule has 138 valence electrons. The zero-order chi connectivity index (χ0) is 18.6. The molecule has 1 aromatic carbocycles. The van der Waals surface area contributed by atoms with Crippen LogP contribution in [0.25, 0.3) is 0 Å². The average Bonchev–Trinajstić information content (AvgIpc) is 2.87. The zero-order valence-electron chi connectivity index (χ0n) is 15.2. The van der Waals surface area contributed by atoms with Gasteiger partial charge in [0.2, 0.25) is 5.91 Å². The van der Waals surface area contributed by atoms with Crippen molar-refractivity contribution in [1.82, 2.24) is 15.1 Å². The summed E-state index contributed by atoms with van der Waals surface area (Å²) < 4.78 is 13.5. The van der Waals surface area contributed by atoms with E-state index < -0.39 is 0 Å². The van der Waals surface area contributed by atoms with Crippen LogP contribution in [0.15, 0.2) is 24.3 Å². The maximum absolute atomic E-state index is 13.5. The summed E-state index contributed by atoms with van der Waals surface area (Å²) in [6, 6.07) is 6.29. The Labute approximate surface area is 152 Å². The Morgan fingerprint density at radius 3 is 2.72 bits per heavy atom. The van der Waals surface area contributed by atoms with E-state index in [1.54, 1.807) is 15.9 Å². The molecule has 3 amide bonds. The SMILES string of the molecule is CC(C)NC(=O)N(CCN1C(=O)CS[C@@H]1c1cccc(F)c1)C(C)C. The Hall–Kier alpha value is -1.76. The summed E-state index contributed by atoms with van der Waals surface area (Å²) >= 11 is 1.49. The summed E-state index contributed by atoms with van der Waals surface area (Å²) in [7, 11) is 0. The van der Waals surface area contributed by atoms with Crippen molar-refractivity contribution in [2.45, 2.75) is 45.2 Å². The molecule has 1 saturated heterocycles. The van der Waals surface area contributed by atoms with Crippen LogP contribution in [-0.2, 0) is 4.79 Å². The van der Waals surface area contributed by atoms with Crippen molar-refractivity contribution in [3.63, 3.8) is 0 Å². The predicted octanol–water partition coefficient (Wildman–Crippen LogP) is 3.23. The van der Waals surface area contributed by atoms with Crippen molar-refractivity contribution in [3.05, 3.63) is 35.6 Å². The van der Waals surface area contributed by atoms with Crippen LogP contribution >= 0.6 is 11.8 Å².